The van der Waals surface area contributed by atoms with E-state index in [1.54, 1.807) is 13.3 Å². The van der Waals surface area contributed by atoms with E-state index in [1.807, 2.05) is 11.6 Å². The lowest BCUT2D eigenvalue weighted by Gasteiger charge is -2.10. The Labute approximate surface area is 83.3 Å². The minimum absolute atomic E-state index is 0.0973. The molecule has 0 saturated heterocycles. The maximum atomic E-state index is 11.4. The average Bonchev–Trinajstić information content (AvgIpc) is 2.79. The Morgan fingerprint density at radius 2 is 2.36 bits per heavy atom. The Morgan fingerprint density at radius 3 is 2.86 bits per heavy atom. The summed E-state index contributed by atoms with van der Waals surface area (Å²) in [4.78, 5) is 15.6. The maximum absolute atomic E-state index is 11.4. The lowest BCUT2D eigenvalue weighted by atomic mass is 9.97. The van der Waals surface area contributed by atoms with E-state index in [9.17, 15) is 4.79 Å². The Morgan fingerprint density at radius 1 is 1.64 bits per heavy atom. The molecule has 0 amide bonds. The van der Waals surface area contributed by atoms with E-state index in [2.05, 4.69) is 10.1 Å². The number of hydrogen-bond donors (Lipinski definition) is 0. The maximum Gasteiger partial charge on any atom is 0.138 e. The summed E-state index contributed by atoms with van der Waals surface area (Å²) >= 11 is 0. The number of rotatable bonds is 4. The molecule has 1 heterocycles. The molecule has 1 aliphatic carbocycles. The van der Waals surface area contributed by atoms with Crippen molar-refractivity contribution >= 4 is 5.78 Å². The van der Waals surface area contributed by atoms with Crippen LogP contribution in [0.25, 0.3) is 0 Å². The summed E-state index contributed by atoms with van der Waals surface area (Å²) in [5.74, 6) is 1.24. The summed E-state index contributed by atoms with van der Waals surface area (Å²) in [5.41, 5.74) is -0.0973. The van der Waals surface area contributed by atoms with Crippen molar-refractivity contribution in [2.75, 3.05) is 0 Å². The van der Waals surface area contributed by atoms with E-state index < -0.39 is 0 Å². The van der Waals surface area contributed by atoms with Crippen LogP contribution in [0.3, 0.4) is 0 Å². The fourth-order valence-corrected chi connectivity index (χ4v) is 1.80. The van der Waals surface area contributed by atoms with Crippen LogP contribution in [-0.4, -0.2) is 20.5 Å². The lowest BCUT2D eigenvalue weighted by Crippen LogP contribution is -2.18. The first-order chi connectivity index (χ1) is 6.68. The molecule has 1 aromatic heterocycles. The van der Waals surface area contributed by atoms with Gasteiger partial charge in [0.05, 0.1) is 0 Å². The molecule has 4 heteroatoms. The Hall–Kier alpha value is -1.19. The van der Waals surface area contributed by atoms with Crippen molar-refractivity contribution in [1.29, 1.82) is 0 Å². The van der Waals surface area contributed by atoms with Crippen LogP contribution < -0.4 is 0 Å². The van der Waals surface area contributed by atoms with Gasteiger partial charge in [0.2, 0.25) is 0 Å². The molecular weight excluding hydrogens is 178 g/mol. The molecule has 0 N–H and O–H groups in total. The van der Waals surface area contributed by atoms with Crippen molar-refractivity contribution in [2.24, 2.45) is 5.41 Å². The zero-order valence-corrected chi connectivity index (χ0v) is 8.66. The molecule has 0 aromatic carbocycles. The van der Waals surface area contributed by atoms with Gasteiger partial charge < -0.3 is 0 Å². The Kier molecular flexibility index (Phi) is 2.13. The van der Waals surface area contributed by atoms with Gasteiger partial charge in [0.25, 0.3) is 0 Å². The summed E-state index contributed by atoms with van der Waals surface area (Å²) in [6.07, 6.45) is 4.35. The first kappa shape index (κ1) is 9.37. The molecule has 0 bridgehead atoms. The van der Waals surface area contributed by atoms with Gasteiger partial charge in [-0.2, -0.15) is 5.10 Å². The number of carbonyl (C=O) groups excluding carboxylic acids is 1. The summed E-state index contributed by atoms with van der Waals surface area (Å²) in [5, 5.41) is 4.10. The van der Waals surface area contributed by atoms with Crippen molar-refractivity contribution in [3.63, 3.8) is 0 Å². The largest absolute Gasteiger partial charge is 0.299 e. The molecule has 4 nitrogen and oxygen atoms in total. The number of ketones is 1. The quantitative estimate of drug-likeness (QED) is 0.722. The van der Waals surface area contributed by atoms with E-state index in [0.717, 1.165) is 31.6 Å². The summed E-state index contributed by atoms with van der Waals surface area (Å²) in [7, 11) is 0. The SMILES string of the molecule is CCn1ncnc1CC1(C(C)=O)CC1. The number of nitrogens with zero attached hydrogens (tertiary/aromatic N) is 3. The van der Waals surface area contributed by atoms with Crippen LogP contribution >= 0.6 is 0 Å². The van der Waals surface area contributed by atoms with E-state index in [1.165, 1.54) is 0 Å². The molecular formula is C10H15N3O. The monoisotopic (exact) mass is 193 g/mol. The molecule has 0 radical (unpaired) electrons. The van der Waals surface area contributed by atoms with Crippen molar-refractivity contribution in [1.82, 2.24) is 14.8 Å². The Bertz CT molecular complexity index is 352. The summed E-state index contributed by atoms with van der Waals surface area (Å²) in [6, 6.07) is 0. The summed E-state index contributed by atoms with van der Waals surface area (Å²) < 4.78 is 1.86. The highest BCUT2D eigenvalue weighted by molar-refractivity contribution is 5.85. The second-order valence-corrected chi connectivity index (χ2v) is 4.01. The molecule has 76 valence electrons. The van der Waals surface area contributed by atoms with Crippen molar-refractivity contribution < 1.29 is 4.79 Å². The average molecular weight is 193 g/mol. The molecule has 0 aliphatic heterocycles. The van der Waals surface area contributed by atoms with Crippen molar-refractivity contribution in [3.8, 4) is 0 Å². The Balaban J connectivity index is 2.15. The number of aryl methyl sites for hydroxylation is 1. The van der Waals surface area contributed by atoms with Crippen LogP contribution in [0.4, 0.5) is 0 Å². The topological polar surface area (TPSA) is 47.8 Å². The minimum atomic E-state index is -0.0973. The molecule has 0 spiro atoms. The molecule has 0 unspecified atom stereocenters. The van der Waals surface area contributed by atoms with Gasteiger partial charge in [-0.3, -0.25) is 9.48 Å². The van der Waals surface area contributed by atoms with Gasteiger partial charge in [-0.1, -0.05) is 0 Å². The molecule has 0 atom stereocenters. The second-order valence-electron chi connectivity index (χ2n) is 4.01. The van der Waals surface area contributed by atoms with Crippen molar-refractivity contribution in [2.45, 2.75) is 39.7 Å². The van der Waals surface area contributed by atoms with Crippen molar-refractivity contribution in [3.05, 3.63) is 12.2 Å². The predicted molar refractivity (Wildman–Crippen MR) is 51.7 cm³/mol. The number of Topliss-reactive ketones (excluding diaryl/α,β-unsaturated/α-hetero) is 1. The predicted octanol–water partition coefficient (Wildman–Crippen LogP) is 1.21. The van der Waals surface area contributed by atoms with Gasteiger partial charge in [0, 0.05) is 18.4 Å². The van der Waals surface area contributed by atoms with Gasteiger partial charge in [0.1, 0.15) is 17.9 Å². The second kappa shape index (κ2) is 3.19. The highest BCUT2D eigenvalue weighted by Crippen LogP contribution is 2.48. The van der Waals surface area contributed by atoms with E-state index in [4.69, 9.17) is 0 Å². The standard InChI is InChI=1S/C10H15N3O/c1-3-13-9(11-7-12-13)6-10(4-5-10)8(2)14/h7H,3-6H2,1-2H3. The van der Waals surface area contributed by atoms with Crippen LogP contribution in [-0.2, 0) is 17.8 Å². The van der Waals surface area contributed by atoms with E-state index >= 15 is 0 Å². The van der Waals surface area contributed by atoms with Crippen LogP contribution in [0.5, 0.6) is 0 Å². The third kappa shape index (κ3) is 1.45. The highest BCUT2D eigenvalue weighted by Gasteiger charge is 2.47. The van der Waals surface area contributed by atoms with Gasteiger partial charge >= 0.3 is 0 Å². The van der Waals surface area contributed by atoms with Crippen LogP contribution in [0.1, 0.15) is 32.5 Å². The molecule has 2 rings (SSSR count). The molecule has 1 aromatic rings. The van der Waals surface area contributed by atoms with Gasteiger partial charge in [-0.15, -0.1) is 0 Å². The first-order valence-electron chi connectivity index (χ1n) is 5.06. The molecule has 1 fully saturated rings. The first-order valence-corrected chi connectivity index (χ1v) is 5.06. The van der Waals surface area contributed by atoms with Crippen LogP contribution in [0, 0.1) is 5.41 Å². The summed E-state index contributed by atoms with van der Waals surface area (Å²) in [6.45, 7) is 4.54. The van der Waals surface area contributed by atoms with Gasteiger partial charge in [-0.05, 0) is 26.7 Å². The van der Waals surface area contributed by atoms with Gasteiger partial charge in [0.15, 0.2) is 0 Å². The number of aromatic nitrogens is 3. The molecule has 14 heavy (non-hydrogen) atoms. The normalized spacial score (nSPS) is 18.1. The smallest absolute Gasteiger partial charge is 0.138 e. The third-order valence-electron chi connectivity index (χ3n) is 3.09. The van der Waals surface area contributed by atoms with E-state index in [0.29, 0.717) is 5.78 Å². The van der Waals surface area contributed by atoms with Crippen LogP contribution in [0.15, 0.2) is 6.33 Å². The highest BCUT2D eigenvalue weighted by atomic mass is 16.1. The van der Waals surface area contributed by atoms with Gasteiger partial charge in [-0.25, -0.2) is 4.98 Å². The molecule has 1 saturated carbocycles. The zero-order chi connectivity index (χ0) is 10.2. The van der Waals surface area contributed by atoms with E-state index in [-0.39, 0.29) is 5.41 Å². The zero-order valence-electron chi connectivity index (χ0n) is 8.66. The number of hydrogen-bond acceptors (Lipinski definition) is 3. The fraction of sp³-hybridized carbons (Fsp3) is 0.700. The lowest BCUT2D eigenvalue weighted by molar-refractivity contribution is -0.122. The number of carbonyl (C=O) groups is 1. The fourth-order valence-electron chi connectivity index (χ4n) is 1.80. The third-order valence-corrected chi connectivity index (χ3v) is 3.09. The minimum Gasteiger partial charge on any atom is -0.299 e. The molecule has 1 aliphatic rings. The van der Waals surface area contributed by atoms with Crippen LogP contribution in [0.2, 0.25) is 0 Å².